The summed E-state index contributed by atoms with van der Waals surface area (Å²) < 4.78 is 0. The molecule has 5 rings (SSSR count). The first-order chi connectivity index (χ1) is 14.3. The fraction of sp³-hybridized carbons (Fsp3) is 0.967. The minimum atomic E-state index is -0.110. The highest BCUT2D eigenvalue weighted by molar-refractivity contribution is 5.85. The van der Waals surface area contributed by atoms with Gasteiger partial charge in [-0.15, -0.1) is 0 Å². The Hall–Kier alpha value is -0.330. The van der Waals surface area contributed by atoms with Gasteiger partial charge < -0.3 is 0 Å². The van der Waals surface area contributed by atoms with Crippen molar-refractivity contribution >= 4 is 5.78 Å². The van der Waals surface area contributed by atoms with Crippen LogP contribution in [-0.4, -0.2) is 5.78 Å². The van der Waals surface area contributed by atoms with E-state index in [0.29, 0.717) is 33.4 Å². The maximum atomic E-state index is 12.9. The lowest BCUT2D eigenvalue weighted by molar-refractivity contribution is -0.225. The highest BCUT2D eigenvalue weighted by atomic mass is 16.1. The molecule has 0 spiro atoms. The lowest BCUT2D eigenvalue weighted by Gasteiger charge is -2.71. The molecular formula is C30H50O. The molecule has 176 valence electrons. The second kappa shape index (κ2) is 6.63. The molecule has 31 heavy (non-hydrogen) atoms. The van der Waals surface area contributed by atoms with Crippen molar-refractivity contribution in [3.8, 4) is 0 Å². The highest BCUT2D eigenvalue weighted by Crippen LogP contribution is 2.77. The second-order valence-electron chi connectivity index (χ2n) is 14.9. The number of carbonyl (C=O) groups is 1. The van der Waals surface area contributed by atoms with Crippen LogP contribution in [0.3, 0.4) is 0 Å². The van der Waals surface area contributed by atoms with Crippen LogP contribution in [0.2, 0.25) is 0 Å². The monoisotopic (exact) mass is 426 g/mol. The molecule has 0 saturated heterocycles. The summed E-state index contributed by atoms with van der Waals surface area (Å²) in [5, 5.41) is 0. The molecular weight excluding hydrogens is 376 g/mol. The molecule has 0 aromatic heterocycles. The number of hydrogen-bond acceptors (Lipinski definition) is 1. The largest absolute Gasteiger partial charge is 0.299 e. The molecule has 5 aliphatic carbocycles. The van der Waals surface area contributed by atoms with E-state index in [1.165, 1.54) is 51.4 Å². The molecule has 0 aromatic rings. The molecule has 0 heterocycles. The van der Waals surface area contributed by atoms with Crippen LogP contribution in [0.15, 0.2) is 0 Å². The summed E-state index contributed by atoms with van der Waals surface area (Å²) in [5.74, 6) is 5.52. The van der Waals surface area contributed by atoms with Crippen LogP contribution in [0.4, 0.5) is 0 Å². The van der Waals surface area contributed by atoms with Gasteiger partial charge in [-0.3, -0.25) is 4.79 Å². The molecule has 0 N–H and O–H groups in total. The molecule has 0 aliphatic heterocycles. The lowest BCUT2D eigenvalue weighted by Crippen LogP contribution is -2.65. The first kappa shape index (κ1) is 22.5. The zero-order chi connectivity index (χ0) is 22.6. The number of hydrogen-bond donors (Lipinski definition) is 0. The molecule has 1 nitrogen and oxygen atoms in total. The number of rotatable bonds is 1. The van der Waals surface area contributed by atoms with Gasteiger partial charge >= 0.3 is 0 Å². The summed E-state index contributed by atoms with van der Waals surface area (Å²) in [6.45, 7) is 20.3. The summed E-state index contributed by atoms with van der Waals surface area (Å²) in [5.41, 5.74) is 1.83. The van der Waals surface area contributed by atoms with E-state index >= 15 is 0 Å². The van der Waals surface area contributed by atoms with Gasteiger partial charge in [0.05, 0.1) is 0 Å². The molecule has 9 unspecified atom stereocenters. The fourth-order valence-corrected chi connectivity index (χ4v) is 11.8. The Balaban J connectivity index is 1.51. The van der Waals surface area contributed by atoms with Crippen LogP contribution in [-0.2, 0) is 4.79 Å². The van der Waals surface area contributed by atoms with Crippen LogP contribution >= 0.6 is 0 Å². The van der Waals surface area contributed by atoms with Crippen molar-refractivity contribution < 1.29 is 4.79 Å². The average molecular weight is 427 g/mol. The van der Waals surface area contributed by atoms with E-state index < -0.39 is 0 Å². The van der Waals surface area contributed by atoms with Gasteiger partial charge in [-0.25, -0.2) is 0 Å². The minimum Gasteiger partial charge on any atom is -0.299 e. The van der Waals surface area contributed by atoms with Crippen LogP contribution < -0.4 is 0 Å². The van der Waals surface area contributed by atoms with Crippen molar-refractivity contribution in [2.75, 3.05) is 0 Å². The maximum Gasteiger partial charge on any atom is 0.138 e. The van der Waals surface area contributed by atoms with E-state index in [-0.39, 0.29) is 5.41 Å². The third-order valence-corrected chi connectivity index (χ3v) is 13.6. The van der Waals surface area contributed by atoms with E-state index in [2.05, 4.69) is 55.4 Å². The number of ketones is 1. The van der Waals surface area contributed by atoms with Crippen molar-refractivity contribution in [1.82, 2.24) is 0 Å². The Morgan fingerprint density at radius 3 is 2.03 bits per heavy atom. The first-order valence-corrected chi connectivity index (χ1v) is 13.9. The molecule has 5 saturated carbocycles. The zero-order valence-corrected chi connectivity index (χ0v) is 21.9. The van der Waals surface area contributed by atoms with Gasteiger partial charge in [-0.2, -0.15) is 0 Å². The van der Waals surface area contributed by atoms with Crippen molar-refractivity contribution in [1.29, 1.82) is 0 Å². The number of fused-ring (bicyclic) bond motifs is 7. The third-order valence-electron chi connectivity index (χ3n) is 13.6. The molecule has 0 amide bonds. The van der Waals surface area contributed by atoms with Crippen molar-refractivity contribution in [2.45, 2.75) is 120 Å². The standard InChI is InChI=1S/C30H50O/c1-19(2)20-9-12-24-28(20,6)17-18-29(7)22-10-11-23-26(3,4)25(31)14-15-27(23,5)21(22)13-16-30(24,29)8/h19-24H,9-18H2,1-8H3. The third kappa shape index (κ3) is 2.59. The molecule has 9 atom stereocenters. The van der Waals surface area contributed by atoms with Crippen molar-refractivity contribution in [2.24, 2.45) is 62.6 Å². The molecule has 0 radical (unpaired) electrons. The second-order valence-corrected chi connectivity index (χ2v) is 14.9. The summed E-state index contributed by atoms with van der Waals surface area (Å²) in [4.78, 5) is 12.9. The summed E-state index contributed by atoms with van der Waals surface area (Å²) in [6, 6.07) is 0. The molecule has 0 aromatic carbocycles. The van der Waals surface area contributed by atoms with Crippen LogP contribution in [0.5, 0.6) is 0 Å². The number of carbonyl (C=O) groups excluding carboxylic acids is 1. The molecule has 1 heteroatoms. The van der Waals surface area contributed by atoms with E-state index in [1.807, 2.05) is 0 Å². The predicted molar refractivity (Wildman–Crippen MR) is 130 cm³/mol. The van der Waals surface area contributed by atoms with Gasteiger partial charge in [0.15, 0.2) is 0 Å². The smallest absolute Gasteiger partial charge is 0.138 e. The zero-order valence-electron chi connectivity index (χ0n) is 21.9. The van der Waals surface area contributed by atoms with E-state index in [4.69, 9.17) is 0 Å². The Bertz CT molecular complexity index is 764. The van der Waals surface area contributed by atoms with E-state index in [9.17, 15) is 4.79 Å². The van der Waals surface area contributed by atoms with Crippen molar-refractivity contribution in [3.63, 3.8) is 0 Å². The number of Topliss-reactive ketones (excluding diaryl/α,β-unsaturated/α-hetero) is 1. The van der Waals surface area contributed by atoms with Gasteiger partial charge in [-0.05, 0) is 115 Å². The average Bonchev–Trinajstić information content (AvgIpc) is 3.05. The topological polar surface area (TPSA) is 17.1 Å². The van der Waals surface area contributed by atoms with Gasteiger partial charge in [0.2, 0.25) is 0 Å². The maximum absolute atomic E-state index is 12.9. The first-order valence-electron chi connectivity index (χ1n) is 13.9. The quantitative estimate of drug-likeness (QED) is 0.412. The predicted octanol–water partition coefficient (Wildman–Crippen LogP) is 8.31. The summed E-state index contributed by atoms with van der Waals surface area (Å²) in [7, 11) is 0. The Labute approximate surface area is 192 Å². The van der Waals surface area contributed by atoms with Crippen LogP contribution in [0, 0.1) is 62.6 Å². The molecule has 5 fully saturated rings. The fourth-order valence-electron chi connectivity index (χ4n) is 11.8. The summed E-state index contributed by atoms with van der Waals surface area (Å²) in [6.07, 6.45) is 13.4. The van der Waals surface area contributed by atoms with Gasteiger partial charge in [0, 0.05) is 11.8 Å². The van der Waals surface area contributed by atoms with Gasteiger partial charge in [0.25, 0.3) is 0 Å². The lowest BCUT2D eigenvalue weighted by atomic mass is 9.33. The SMILES string of the molecule is CC(C)C1CCC2C1(C)CCC1(C)C3CCC4C(C)(C)C(=O)CCC4(C)C3CCC21C. The van der Waals surface area contributed by atoms with Crippen LogP contribution in [0.25, 0.3) is 0 Å². The minimum absolute atomic E-state index is 0.110. The summed E-state index contributed by atoms with van der Waals surface area (Å²) >= 11 is 0. The Morgan fingerprint density at radius 2 is 1.35 bits per heavy atom. The van der Waals surface area contributed by atoms with Crippen molar-refractivity contribution in [3.05, 3.63) is 0 Å². The van der Waals surface area contributed by atoms with Crippen LogP contribution in [0.1, 0.15) is 120 Å². The highest BCUT2D eigenvalue weighted by Gasteiger charge is 2.70. The normalized spacial score (nSPS) is 55.9. The Morgan fingerprint density at radius 1 is 0.677 bits per heavy atom. The van der Waals surface area contributed by atoms with E-state index in [0.717, 1.165) is 42.4 Å². The van der Waals surface area contributed by atoms with E-state index in [1.54, 1.807) is 0 Å². The van der Waals surface area contributed by atoms with Gasteiger partial charge in [-0.1, -0.05) is 55.4 Å². The van der Waals surface area contributed by atoms with Gasteiger partial charge in [0.1, 0.15) is 5.78 Å². The Kier molecular flexibility index (Phi) is 4.80. The molecule has 0 bridgehead atoms. The molecule has 5 aliphatic rings.